The molecule has 90 valence electrons. The van der Waals surface area contributed by atoms with E-state index >= 15 is 0 Å². The van der Waals surface area contributed by atoms with E-state index < -0.39 is 11.9 Å². The number of alkyl halides is 3. The largest absolute Gasteiger partial charge is 0.434 e. The minimum atomic E-state index is -4.40. The average molecular weight is 235 g/mol. The number of fused-ring (bicyclic) bond motifs is 1. The number of rotatable bonds is 2. The van der Waals surface area contributed by atoms with Crippen molar-refractivity contribution in [3.8, 4) is 0 Å². The van der Waals surface area contributed by atoms with E-state index in [0.29, 0.717) is 19.5 Å². The Balaban J connectivity index is 2.17. The number of hydrogen-bond donors (Lipinski definition) is 2. The fourth-order valence-corrected chi connectivity index (χ4v) is 1.79. The molecule has 2 N–H and O–H groups in total. The number of aliphatic hydroxyl groups excluding tert-OH is 1. The molecule has 0 bridgehead atoms. The predicted molar refractivity (Wildman–Crippen MR) is 50.9 cm³/mol. The van der Waals surface area contributed by atoms with E-state index in [0.717, 1.165) is 6.20 Å². The number of nitrogens with zero attached hydrogens (tertiary/aromatic N) is 2. The fourth-order valence-electron chi connectivity index (χ4n) is 1.79. The molecule has 1 aliphatic rings. The lowest BCUT2D eigenvalue weighted by Gasteiger charge is -2.24. The second kappa shape index (κ2) is 3.97. The summed E-state index contributed by atoms with van der Waals surface area (Å²) in [5.41, 5.74) is -0.875. The lowest BCUT2D eigenvalue weighted by atomic mass is 10.1. The molecule has 16 heavy (non-hydrogen) atoms. The number of hydrogen-bond acceptors (Lipinski definition) is 3. The van der Waals surface area contributed by atoms with Gasteiger partial charge < -0.3 is 15.0 Å². The number of anilines is 1. The lowest BCUT2D eigenvalue weighted by Crippen LogP contribution is -2.27. The van der Waals surface area contributed by atoms with Gasteiger partial charge in [-0.2, -0.15) is 13.2 Å². The summed E-state index contributed by atoms with van der Waals surface area (Å²) < 4.78 is 38.6. The van der Waals surface area contributed by atoms with Gasteiger partial charge in [-0.25, -0.2) is 4.98 Å². The van der Waals surface area contributed by atoms with Crippen molar-refractivity contribution in [2.45, 2.75) is 19.1 Å². The van der Waals surface area contributed by atoms with E-state index in [4.69, 9.17) is 5.11 Å². The van der Waals surface area contributed by atoms with E-state index in [9.17, 15) is 13.2 Å². The third kappa shape index (κ3) is 2.13. The maximum Gasteiger partial charge on any atom is 0.434 e. The van der Waals surface area contributed by atoms with E-state index in [1.807, 2.05) is 0 Å². The summed E-state index contributed by atoms with van der Waals surface area (Å²) in [6, 6.07) is 0. The van der Waals surface area contributed by atoms with Gasteiger partial charge in [-0.15, -0.1) is 0 Å². The van der Waals surface area contributed by atoms with Gasteiger partial charge in [-0.05, 0) is 12.3 Å². The van der Waals surface area contributed by atoms with Gasteiger partial charge in [0.05, 0.1) is 0 Å². The summed E-state index contributed by atoms with van der Waals surface area (Å²) in [6.07, 6.45) is -2.82. The first kappa shape index (κ1) is 11.3. The molecule has 0 saturated carbocycles. The molecule has 1 aromatic rings. The summed E-state index contributed by atoms with van der Waals surface area (Å²) in [6.45, 7) is 1.06. The Hall–Kier alpha value is -1.24. The first-order valence-electron chi connectivity index (χ1n) is 5.00. The van der Waals surface area contributed by atoms with E-state index in [1.54, 1.807) is 0 Å². The van der Waals surface area contributed by atoms with Gasteiger partial charge in [-0.3, -0.25) is 0 Å². The Labute approximate surface area is 90.1 Å². The second-order valence-corrected chi connectivity index (χ2v) is 3.86. The lowest BCUT2D eigenvalue weighted by molar-refractivity contribution is -0.140. The van der Waals surface area contributed by atoms with Crippen LogP contribution in [-0.4, -0.2) is 27.8 Å². The van der Waals surface area contributed by atoms with Gasteiger partial charge >= 0.3 is 6.18 Å². The topological polar surface area (TPSA) is 50.1 Å². The molecule has 0 radical (unpaired) electrons. The van der Waals surface area contributed by atoms with Crippen LogP contribution in [0.1, 0.15) is 12.1 Å². The quantitative estimate of drug-likeness (QED) is 0.813. The first-order chi connectivity index (χ1) is 7.50. The van der Waals surface area contributed by atoms with Crippen molar-refractivity contribution in [1.82, 2.24) is 9.55 Å². The zero-order valence-corrected chi connectivity index (χ0v) is 8.46. The minimum Gasteiger partial charge on any atom is -0.396 e. The molecule has 2 heterocycles. The molecule has 7 heteroatoms. The molecule has 0 fully saturated rings. The molecule has 1 aromatic heterocycles. The third-order valence-electron chi connectivity index (χ3n) is 2.61. The number of aliphatic hydroxyl groups is 1. The molecule has 0 aromatic carbocycles. The van der Waals surface area contributed by atoms with E-state index in [-0.39, 0.29) is 18.5 Å². The standard InChI is InChI=1S/C9H12F3N3O/c10-9(11,12)7-5-15-4-6(1-2-16)3-13-8(15)14-7/h5-6,16H,1-4H2,(H,13,14). The molecule has 4 nitrogen and oxygen atoms in total. The van der Waals surface area contributed by atoms with E-state index in [2.05, 4.69) is 10.3 Å². The highest BCUT2D eigenvalue weighted by atomic mass is 19.4. The van der Waals surface area contributed by atoms with Crippen LogP contribution in [0.25, 0.3) is 0 Å². The molecule has 1 unspecified atom stereocenters. The van der Waals surface area contributed by atoms with Crippen molar-refractivity contribution in [2.24, 2.45) is 5.92 Å². The molecule has 0 aliphatic carbocycles. The summed E-state index contributed by atoms with van der Waals surface area (Å²) in [5.74, 6) is 0.397. The van der Waals surface area contributed by atoms with Crippen LogP contribution in [0.3, 0.4) is 0 Å². The van der Waals surface area contributed by atoms with Crippen molar-refractivity contribution < 1.29 is 18.3 Å². The molecular formula is C9H12F3N3O. The zero-order chi connectivity index (χ0) is 11.8. The van der Waals surface area contributed by atoms with Gasteiger partial charge in [0.15, 0.2) is 5.69 Å². The van der Waals surface area contributed by atoms with Crippen LogP contribution in [0.4, 0.5) is 19.1 Å². The minimum absolute atomic E-state index is 0.0442. The Morgan fingerprint density at radius 1 is 1.56 bits per heavy atom. The first-order valence-corrected chi connectivity index (χ1v) is 5.00. The van der Waals surface area contributed by atoms with Crippen molar-refractivity contribution in [3.63, 3.8) is 0 Å². The highest BCUT2D eigenvalue weighted by molar-refractivity contribution is 5.32. The predicted octanol–water partition coefficient (Wildman–Crippen LogP) is 1.33. The average Bonchev–Trinajstić information content (AvgIpc) is 2.60. The van der Waals surface area contributed by atoms with Crippen LogP contribution in [0.2, 0.25) is 0 Å². The van der Waals surface area contributed by atoms with Gasteiger partial charge in [-0.1, -0.05) is 0 Å². The fraction of sp³-hybridized carbons (Fsp3) is 0.667. The van der Waals surface area contributed by atoms with Gasteiger partial charge in [0, 0.05) is 25.9 Å². The summed E-state index contributed by atoms with van der Waals surface area (Å²) in [7, 11) is 0. The molecular weight excluding hydrogens is 223 g/mol. The van der Waals surface area contributed by atoms with Gasteiger partial charge in [0.2, 0.25) is 5.95 Å². The SMILES string of the molecule is OCCC1CNc2nc(C(F)(F)F)cn2C1. The van der Waals surface area contributed by atoms with Crippen LogP contribution in [0.5, 0.6) is 0 Å². The highest BCUT2D eigenvalue weighted by Crippen LogP contribution is 2.31. The van der Waals surface area contributed by atoms with Crippen molar-refractivity contribution in [2.75, 3.05) is 18.5 Å². The van der Waals surface area contributed by atoms with Crippen LogP contribution < -0.4 is 5.32 Å². The second-order valence-electron chi connectivity index (χ2n) is 3.86. The smallest absolute Gasteiger partial charge is 0.396 e. The third-order valence-corrected chi connectivity index (χ3v) is 2.61. The summed E-state index contributed by atoms with van der Waals surface area (Å²) in [4.78, 5) is 3.48. The summed E-state index contributed by atoms with van der Waals surface area (Å²) in [5, 5.41) is 11.6. The van der Waals surface area contributed by atoms with Gasteiger partial charge in [0.25, 0.3) is 0 Å². The number of nitrogens with one attached hydrogen (secondary N) is 1. The van der Waals surface area contributed by atoms with Crippen LogP contribution in [0, 0.1) is 5.92 Å². The molecule has 1 atom stereocenters. The van der Waals surface area contributed by atoms with Crippen LogP contribution in [0.15, 0.2) is 6.20 Å². The van der Waals surface area contributed by atoms with Crippen molar-refractivity contribution in [3.05, 3.63) is 11.9 Å². The number of halogens is 3. The normalized spacial score (nSPS) is 20.4. The maximum absolute atomic E-state index is 12.4. The van der Waals surface area contributed by atoms with Crippen LogP contribution in [-0.2, 0) is 12.7 Å². The molecule has 0 spiro atoms. The highest BCUT2D eigenvalue weighted by Gasteiger charge is 2.35. The number of imidazole rings is 1. The summed E-state index contributed by atoms with van der Waals surface area (Å²) >= 11 is 0. The molecule has 1 aliphatic heterocycles. The van der Waals surface area contributed by atoms with Crippen molar-refractivity contribution in [1.29, 1.82) is 0 Å². The van der Waals surface area contributed by atoms with Crippen molar-refractivity contribution >= 4 is 5.95 Å². The zero-order valence-electron chi connectivity index (χ0n) is 8.46. The Bertz CT molecular complexity index is 375. The maximum atomic E-state index is 12.4. The van der Waals surface area contributed by atoms with E-state index in [1.165, 1.54) is 4.57 Å². The Morgan fingerprint density at radius 2 is 2.31 bits per heavy atom. The molecule has 0 amide bonds. The monoisotopic (exact) mass is 235 g/mol. The Kier molecular flexibility index (Phi) is 2.79. The van der Waals surface area contributed by atoms with Crippen LogP contribution >= 0.6 is 0 Å². The number of aromatic nitrogens is 2. The van der Waals surface area contributed by atoms with Gasteiger partial charge in [0.1, 0.15) is 0 Å². The Morgan fingerprint density at radius 3 is 2.94 bits per heavy atom. The molecule has 2 rings (SSSR count). The molecule has 0 saturated heterocycles.